The van der Waals surface area contributed by atoms with Crippen LogP contribution < -0.4 is 15.5 Å². The highest BCUT2D eigenvalue weighted by Crippen LogP contribution is 2.25. The number of hydrazone groups is 1. The Morgan fingerprint density at radius 3 is 2.74 bits per heavy atom. The Morgan fingerprint density at radius 2 is 2.04 bits per heavy atom. The maximum Gasteiger partial charge on any atom is 0.259 e. The number of phenolic OH excluding ortho intramolecular Hbond substituents is 1. The topological polar surface area (TPSA) is 83.0 Å². The normalized spacial score (nSPS) is 10.5. The lowest BCUT2D eigenvalue weighted by atomic mass is 10.2. The largest absolute Gasteiger partial charge is 0.504 e. The number of amides is 1. The first-order valence-electron chi connectivity index (χ1n) is 6.77. The number of hydrogen-bond donors (Lipinski definition) is 3. The van der Waals surface area contributed by atoms with Crippen molar-refractivity contribution in [3.05, 3.63) is 53.1 Å². The number of carbonyl (C=O) groups excluding carboxylic acids is 1. The summed E-state index contributed by atoms with van der Waals surface area (Å²) < 4.78 is 4.99. The molecule has 0 bridgehead atoms. The second kappa shape index (κ2) is 8.05. The standard InChI is InChI=1S/C16H16ClN3O3/c1-23-15-8-11(2-7-14(15)21)9-19-20-16(22)10-18-13-5-3-12(17)4-6-13/h2-9,18,21H,10H2,1H3,(H,20,22)/b19-9-. The molecule has 0 unspecified atom stereocenters. The van der Waals surface area contributed by atoms with Gasteiger partial charge in [-0.2, -0.15) is 5.10 Å². The van der Waals surface area contributed by atoms with E-state index < -0.39 is 0 Å². The quantitative estimate of drug-likeness (QED) is 0.560. The SMILES string of the molecule is COc1cc(/C=N\NC(=O)CNc2ccc(Cl)cc2)ccc1O. The summed E-state index contributed by atoms with van der Waals surface area (Å²) in [6, 6.07) is 11.8. The third-order valence-electron chi connectivity index (χ3n) is 2.90. The molecule has 0 fully saturated rings. The van der Waals surface area contributed by atoms with Gasteiger partial charge in [-0.1, -0.05) is 11.6 Å². The fourth-order valence-corrected chi connectivity index (χ4v) is 1.87. The fraction of sp³-hybridized carbons (Fsp3) is 0.125. The van der Waals surface area contributed by atoms with E-state index in [1.807, 2.05) is 0 Å². The first-order chi connectivity index (χ1) is 11.1. The van der Waals surface area contributed by atoms with Crippen LogP contribution in [0.1, 0.15) is 5.56 Å². The van der Waals surface area contributed by atoms with Crippen molar-refractivity contribution in [2.75, 3.05) is 19.0 Å². The summed E-state index contributed by atoms with van der Waals surface area (Å²) in [5.74, 6) is 0.0903. The van der Waals surface area contributed by atoms with Gasteiger partial charge in [0.15, 0.2) is 11.5 Å². The van der Waals surface area contributed by atoms with Gasteiger partial charge in [0.25, 0.3) is 5.91 Å². The average molecular weight is 334 g/mol. The highest BCUT2D eigenvalue weighted by molar-refractivity contribution is 6.30. The molecular weight excluding hydrogens is 318 g/mol. The number of anilines is 1. The van der Waals surface area contributed by atoms with Crippen LogP contribution in [0.4, 0.5) is 5.69 Å². The summed E-state index contributed by atoms with van der Waals surface area (Å²) in [5.41, 5.74) is 3.88. The minimum Gasteiger partial charge on any atom is -0.504 e. The molecule has 2 rings (SSSR count). The number of hydrogen-bond acceptors (Lipinski definition) is 5. The highest BCUT2D eigenvalue weighted by atomic mass is 35.5. The molecule has 0 aliphatic heterocycles. The number of halogens is 1. The fourth-order valence-electron chi connectivity index (χ4n) is 1.74. The van der Waals surface area contributed by atoms with E-state index >= 15 is 0 Å². The van der Waals surface area contributed by atoms with Crippen LogP contribution in [-0.4, -0.2) is 30.9 Å². The van der Waals surface area contributed by atoms with Gasteiger partial charge in [0, 0.05) is 10.7 Å². The summed E-state index contributed by atoms with van der Waals surface area (Å²) in [6.45, 7) is 0.0812. The van der Waals surface area contributed by atoms with Gasteiger partial charge < -0.3 is 15.2 Å². The van der Waals surface area contributed by atoms with E-state index in [9.17, 15) is 9.90 Å². The minimum absolute atomic E-state index is 0.0425. The summed E-state index contributed by atoms with van der Waals surface area (Å²) in [5, 5.41) is 16.9. The molecule has 0 atom stereocenters. The molecule has 0 radical (unpaired) electrons. The van der Waals surface area contributed by atoms with Crippen molar-refractivity contribution in [2.45, 2.75) is 0 Å². The Hall–Kier alpha value is -2.73. The minimum atomic E-state index is -0.290. The molecule has 1 amide bonds. The summed E-state index contributed by atoms with van der Waals surface area (Å²) in [4.78, 5) is 11.7. The van der Waals surface area contributed by atoms with Crippen molar-refractivity contribution in [2.24, 2.45) is 5.10 Å². The molecule has 0 aliphatic carbocycles. The summed E-state index contributed by atoms with van der Waals surface area (Å²) in [7, 11) is 1.46. The van der Waals surface area contributed by atoms with Gasteiger partial charge in [-0.05, 0) is 48.0 Å². The molecule has 0 saturated heterocycles. The van der Waals surface area contributed by atoms with Crippen LogP contribution in [0.2, 0.25) is 5.02 Å². The molecule has 2 aromatic rings. The van der Waals surface area contributed by atoms with Crippen molar-refractivity contribution in [1.82, 2.24) is 5.43 Å². The molecule has 0 saturated carbocycles. The van der Waals surface area contributed by atoms with Crippen LogP contribution in [-0.2, 0) is 4.79 Å². The van der Waals surface area contributed by atoms with Crippen LogP contribution in [0.5, 0.6) is 11.5 Å². The molecule has 6 nitrogen and oxygen atoms in total. The monoisotopic (exact) mass is 333 g/mol. The maximum absolute atomic E-state index is 11.7. The molecule has 2 aromatic carbocycles. The Balaban J connectivity index is 1.82. The lowest BCUT2D eigenvalue weighted by molar-refractivity contribution is -0.119. The van der Waals surface area contributed by atoms with E-state index in [0.29, 0.717) is 16.3 Å². The van der Waals surface area contributed by atoms with Crippen molar-refractivity contribution >= 4 is 29.4 Å². The highest BCUT2D eigenvalue weighted by Gasteiger charge is 2.02. The van der Waals surface area contributed by atoms with Gasteiger partial charge in [-0.25, -0.2) is 5.43 Å². The number of nitrogens with zero attached hydrogens (tertiary/aromatic N) is 1. The van der Waals surface area contributed by atoms with Crippen LogP contribution in [0.15, 0.2) is 47.6 Å². The Kier molecular flexibility index (Phi) is 5.82. The van der Waals surface area contributed by atoms with Crippen LogP contribution in [0.3, 0.4) is 0 Å². The number of phenols is 1. The zero-order chi connectivity index (χ0) is 16.7. The number of aromatic hydroxyl groups is 1. The zero-order valence-electron chi connectivity index (χ0n) is 12.4. The number of ether oxygens (including phenoxy) is 1. The van der Waals surface area contributed by atoms with Gasteiger partial charge in [0.1, 0.15) is 0 Å². The summed E-state index contributed by atoms with van der Waals surface area (Å²) in [6.07, 6.45) is 1.46. The molecule has 23 heavy (non-hydrogen) atoms. The lowest BCUT2D eigenvalue weighted by Crippen LogP contribution is -2.25. The molecule has 0 aromatic heterocycles. The molecule has 0 heterocycles. The molecule has 0 spiro atoms. The number of benzene rings is 2. The first-order valence-corrected chi connectivity index (χ1v) is 7.14. The third kappa shape index (κ3) is 5.19. The Morgan fingerprint density at radius 1 is 1.30 bits per heavy atom. The van der Waals surface area contributed by atoms with Crippen LogP contribution in [0, 0.1) is 0 Å². The second-order valence-electron chi connectivity index (χ2n) is 4.58. The molecule has 3 N–H and O–H groups in total. The lowest BCUT2D eigenvalue weighted by Gasteiger charge is -2.05. The average Bonchev–Trinajstić information content (AvgIpc) is 2.56. The number of nitrogens with one attached hydrogen (secondary N) is 2. The van der Waals surface area contributed by atoms with E-state index in [-0.39, 0.29) is 18.2 Å². The van der Waals surface area contributed by atoms with Crippen molar-refractivity contribution in [3.8, 4) is 11.5 Å². The van der Waals surface area contributed by atoms with Crippen molar-refractivity contribution in [3.63, 3.8) is 0 Å². The van der Waals surface area contributed by atoms with Gasteiger partial charge in [-0.3, -0.25) is 4.79 Å². The smallest absolute Gasteiger partial charge is 0.259 e. The maximum atomic E-state index is 11.7. The molecule has 7 heteroatoms. The Bertz CT molecular complexity index is 702. The summed E-state index contributed by atoms with van der Waals surface area (Å²) >= 11 is 5.78. The predicted molar refractivity (Wildman–Crippen MR) is 90.3 cm³/mol. The van der Waals surface area contributed by atoms with Crippen molar-refractivity contribution in [1.29, 1.82) is 0 Å². The van der Waals surface area contributed by atoms with E-state index in [1.165, 1.54) is 19.4 Å². The van der Waals surface area contributed by atoms with Crippen molar-refractivity contribution < 1.29 is 14.6 Å². The van der Waals surface area contributed by atoms with Gasteiger partial charge in [0.05, 0.1) is 19.9 Å². The molecule has 120 valence electrons. The predicted octanol–water partition coefficient (Wildman–Crippen LogP) is 2.62. The number of rotatable bonds is 6. The second-order valence-corrected chi connectivity index (χ2v) is 5.02. The van der Waals surface area contributed by atoms with E-state index in [4.69, 9.17) is 16.3 Å². The van der Waals surface area contributed by atoms with E-state index in [0.717, 1.165) is 5.69 Å². The third-order valence-corrected chi connectivity index (χ3v) is 3.16. The van der Waals surface area contributed by atoms with Gasteiger partial charge in [-0.15, -0.1) is 0 Å². The van der Waals surface area contributed by atoms with Gasteiger partial charge in [0.2, 0.25) is 0 Å². The van der Waals surface area contributed by atoms with E-state index in [1.54, 1.807) is 36.4 Å². The zero-order valence-corrected chi connectivity index (χ0v) is 13.2. The first kappa shape index (κ1) is 16.6. The molecule has 0 aliphatic rings. The van der Waals surface area contributed by atoms with E-state index in [2.05, 4.69) is 15.8 Å². The Labute approximate surface area is 138 Å². The van der Waals surface area contributed by atoms with Crippen LogP contribution in [0.25, 0.3) is 0 Å². The van der Waals surface area contributed by atoms with Crippen LogP contribution >= 0.6 is 11.6 Å². The number of methoxy groups -OCH3 is 1. The number of carbonyl (C=O) groups is 1. The van der Waals surface area contributed by atoms with Gasteiger partial charge >= 0.3 is 0 Å². The molecular formula is C16H16ClN3O3.